The molecule has 0 bridgehead atoms. The summed E-state index contributed by atoms with van der Waals surface area (Å²) < 4.78 is 12.6. The van der Waals surface area contributed by atoms with Gasteiger partial charge in [-0.15, -0.1) is 0 Å². The summed E-state index contributed by atoms with van der Waals surface area (Å²) in [5.41, 5.74) is 0.735. The van der Waals surface area contributed by atoms with Crippen molar-refractivity contribution in [3.05, 3.63) is 36.8 Å². The summed E-state index contributed by atoms with van der Waals surface area (Å²) in [5.74, 6) is 1.96. The molecule has 29 heavy (non-hydrogen) atoms. The third kappa shape index (κ3) is 5.56. The summed E-state index contributed by atoms with van der Waals surface area (Å²) >= 11 is 0. The summed E-state index contributed by atoms with van der Waals surface area (Å²) in [5, 5.41) is 11.3. The largest absolute Gasteiger partial charge is 0.494 e. The molecule has 1 aromatic carbocycles. The summed E-state index contributed by atoms with van der Waals surface area (Å²) in [6, 6.07) is 7.17. The second-order valence-corrected chi connectivity index (χ2v) is 6.30. The van der Waals surface area contributed by atoms with Gasteiger partial charge in [-0.3, -0.25) is 4.79 Å². The predicted octanol–water partition coefficient (Wildman–Crippen LogP) is 2.24. The first-order chi connectivity index (χ1) is 14.2. The van der Waals surface area contributed by atoms with Gasteiger partial charge < -0.3 is 20.1 Å². The third-order valence-corrected chi connectivity index (χ3v) is 4.13. The van der Waals surface area contributed by atoms with Crippen LogP contribution < -0.4 is 20.1 Å². The van der Waals surface area contributed by atoms with Crippen LogP contribution in [0.5, 0.6) is 11.5 Å². The highest BCUT2D eigenvalue weighted by atomic mass is 16.5. The van der Waals surface area contributed by atoms with Gasteiger partial charge in [-0.1, -0.05) is 6.92 Å². The molecular weight excluding hydrogens is 372 g/mol. The van der Waals surface area contributed by atoms with Crippen LogP contribution in [0.25, 0.3) is 11.0 Å². The number of fused-ring (bicyclic) bond motifs is 1. The van der Waals surface area contributed by atoms with E-state index < -0.39 is 0 Å². The minimum Gasteiger partial charge on any atom is -0.494 e. The van der Waals surface area contributed by atoms with E-state index >= 15 is 0 Å². The van der Waals surface area contributed by atoms with Gasteiger partial charge in [0, 0.05) is 13.1 Å². The number of benzene rings is 1. The number of ether oxygens (including phenoxy) is 2. The Morgan fingerprint density at radius 2 is 1.83 bits per heavy atom. The smallest absolute Gasteiger partial charge is 0.258 e. The molecule has 2 aromatic heterocycles. The Hall–Kier alpha value is -3.36. The van der Waals surface area contributed by atoms with Crippen LogP contribution in [0.1, 0.15) is 20.3 Å². The van der Waals surface area contributed by atoms with Crippen LogP contribution in [0.3, 0.4) is 0 Å². The minimum atomic E-state index is -0.199. The van der Waals surface area contributed by atoms with Crippen molar-refractivity contribution in [3.8, 4) is 11.5 Å². The standard InChI is InChI=1S/C20H26N6O3/c1-3-9-22-19-17-12-25-26(20(17)24-14-23-19)11-10-21-18(27)13-29-16-7-5-15(6-8-16)28-4-2/h5-8,12,14H,3-4,9-11,13H2,1-2H3,(H,21,27)(H,22,23,24). The Bertz CT molecular complexity index is 926. The van der Waals surface area contributed by atoms with E-state index in [2.05, 4.69) is 32.6 Å². The van der Waals surface area contributed by atoms with E-state index in [-0.39, 0.29) is 12.5 Å². The average molecular weight is 398 g/mol. The minimum absolute atomic E-state index is 0.0545. The van der Waals surface area contributed by atoms with Crippen molar-refractivity contribution in [2.75, 3.05) is 31.6 Å². The van der Waals surface area contributed by atoms with Crippen molar-refractivity contribution in [2.45, 2.75) is 26.8 Å². The molecule has 0 aliphatic heterocycles. The van der Waals surface area contributed by atoms with E-state index in [0.29, 0.717) is 25.4 Å². The van der Waals surface area contributed by atoms with Crippen LogP contribution in [-0.4, -0.2) is 52.0 Å². The fourth-order valence-corrected chi connectivity index (χ4v) is 2.74. The zero-order chi connectivity index (χ0) is 20.5. The molecule has 0 unspecified atom stereocenters. The third-order valence-electron chi connectivity index (χ3n) is 4.13. The van der Waals surface area contributed by atoms with Gasteiger partial charge in [-0.05, 0) is 37.6 Å². The fraction of sp³-hybridized carbons (Fsp3) is 0.400. The van der Waals surface area contributed by atoms with E-state index in [9.17, 15) is 4.79 Å². The molecule has 9 heteroatoms. The first kappa shape index (κ1) is 20.4. The molecule has 2 heterocycles. The maximum Gasteiger partial charge on any atom is 0.258 e. The molecule has 0 aliphatic carbocycles. The monoisotopic (exact) mass is 398 g/mol. The number of rotatable bonds is 11. The first-order valence-electron chi connectivity index (χ1n) is 9.74. The molecule has 0 radical (unpaired) electrons. The van der Waals surface area contributed by atoms with E-state index in [4.69, 9.17) is 9.47 Å². The molecule has 0 spiro atoms. The molecule has 3 aromatic rings. The second kappa shape index (κ2) is 10.3. The Labute approximate surface area is 169 Å². The topological polar surface area (TPSA) is 103 Å². The number of aromatic nitrogens is 4. The average Bonchev–Trinajstić information content (AvgIpc) is 3.16. The summed E-state index contributed by atoms with van der Waals surface area (Å²) in [7, 11) is 0. The Morgan fingerprint density at radius 1 is 1.07 bits per heavy atom. The van der Waals surface area contributed by atoms with Crippen LogP contribution in [0.15, 0.2) is 36.8 Å². The first-order valence-corrected chi connectivity index (χ1v) is 9.74. The van der Waals surface area contributed by atoms with Crippen LogP contribution in [0.2, 0.25) is 0 Å². The van der Waals surface area contributed by atoms with Gasteiger partial charge in [0.05, 0.1) is 24.7 Å². The number of carbonyl (C=O) groups excluding carboxylic acids is 1. The van der Waals surface area contributed by atoms with Gasteiger partial charge in [0.25, 0.3) is 5.91 Å². The van der Waals surface area contributed by atoms with Gasteiger partial charge in [0.1, 0.15) is 23.6 Å². The molecule has 154 valence electrons. The summed E-state index contributed by atoms with van der Waals surface area (Å²) in [4.78, 5) is 20.6. The van der Waals surface area contributed by atoms with Crippen LogP contribution in [-0.2, 0) is 11.3 Å². The zero-order valence-electron chi connectivity index (χ0n) is 16.7. The second-order valence-electron chi connectivity index (χ2n) is 6.30. The van der Waals surface area contributed by atoms with Crippen molar-refractivity contribution in [1.82, 2.24) is 25.1 Å². The van der Waals surface area contributed by atoms with Crippen molar-refractivity contribution in [2.24, 2.45) is 0 Å². The van der Waals surface area contributed by atoms with E-state index in [1.807, 2.05) is 19.1 Å². The fourth-order valence-electron chi connectivity index (χ4n) is 2.74. The highest BCUT2D eigenvalue weighted by Crippen LogP contribution is 2.18. The predicted molar refractivity (Wildman–Crippen MR) is 110 cm³/mol. The van der Waals surface area contributed by atoms with Gasteiger partial charge in [-0.2, -0.15) is 5.10 Å². The Balaban J connectivity index is 1.46. The summed E-state index contributed by atoms with van der Waals surface area (Å²) in [6.07, 6.45) is 4.26. The number of anilines is 1. The number of hydrogen-bond acceptors (Lipinski definition) is 7. The highest BCUT2D eigenvalue weighted by molar-refractivity contribution is 5.86. The molecule has 0 fully saturated rings. The van der Waals surface area contributed by atoms with Gasteiger partial charge in [-0.25, -0.2) is 14.6 Å². The zero-order valence-corrected chi connectivity index (χ0v) is 16.7. The van der Waals surface area contributed by atoms with Crippen molar-refractivity contribution in [1.29, 1.82) is 0 Å². The lowest BCUT2D eigenvalue weighted by molar-refractivity contribution is -0.123. The van der Waals surface area contributed by atoms with Gasteiger partial charge >= 0.3 is 0 Å². The van der Waals surface area contributed by atoms with Gasteiger partial charge in [0.15, 0.2) is 12.3 Å². The molecular formula is C20H26N6O3. The maximum absolute atomic E-state index is 12.0. The Kier molecular flexibility index (Phi) is 7.21. The van der Waals surface area contributed by atoms with E-state index in [1.165, 1.54) is 6.33 Å². The molecule has 2 N–H and O–H groups in total. The molecule has 0 saturated heterocycles. The highest BCUT2D eigenvalue weighted by Gasteiger charge is 2.10. The Morgan fingerprint density at radius 3 is 2.55 bits per heavy atom. The molecule has 0 aliphatic rings. The lowest BCUT2D eigenvalue weighted by atomic mass is 10.3. The lowest BCUT2D eigenvalue weighted by Gasteiger charge is -2.09. The van der Waals surface area contributed by atoms with E-state index in [1.54, 1.807) is 23.0 Å². The number of hydrogen-bond donors (Lipinski definition) is 2. The molecule has 0 atom stereocenters. The SMILES string of the molecule is CCCNc1ncnc2c1cnn2CCNC(=O)COc1ccc(OCC)cc1. The molecule has 9 nitrogen and oxygen atoms in total. The number of amides is 1. The normalized spacial score (nSPS) is 10.7. The van der Waals surface area contributed by atoms with Gasteiger partial charge in [0.2, 0.25) is 0 Å². The van der Waals surface area contributed by atoms with Crippen molar-refractivity contribution in [3.63, 3.8) is 0 Å². The van der Waals surface area contributed by atoms with Crippen LogP contribution in [0, 0.1) is 0 Å². The lowest BCUT2D eigenvalue weighted by Crippen LogP contribution is -2.31. The van der Waals surface area contributed by atoms with Crippen molar-refractivity contribution < 1.29 is 14.3 Å². The summed E-state index contributed by atoms with van der Waals surface area (Å²) in [6.45, 7) is 6.33. The molecule has 3 rings (SSSR count). The van der Waals surface area contributed by atoms with Crippen LogP contribution >= 0.6 is 0 Å². The number of nitrogens with zero attached hydrogens (tertiary/aromatic N) is 4. The van der Waals surface area contributed by atoms with E-state index in [0.717, 1.165) is 35.6 Å². The van der Waals surface area contributed by atoms with Crippen molar-refractivity contribution >= 4 is 22.8 Å². The maximum atomic E-state index is 12.0. The quantitative estimate of drug-likeness (QED) is 0.510. The van der Waals surface area contributed by atoms with Crippen LogP contribution in [0.4, 0.5) is 5.82 Å². The number of carbonyl (C=O) groups is 1. The molecule has 0 saturated carbocycles. The number of nitrogens with one attached hydrogen (secondary N) is 2. The molecule has 1 amide bonds.